The van der Waals surface area contributed by atoms with Gasteiger partial charge in [-0.15, -0.1) is 0 Å². The van der Waals surface area contributed by atoms with Crippen LogP contribution in [-0.2, 0) is 0 Å². The molecule has 106 valence electrons. The second kappa shape index (κ2) is 5.68. The second-order valence-electron chi connectivity index (χ2n) is 4.43. The molecule has 1 saturated heterocycles. The Balaban J connectivity index is 2.36. The van der Waals surface area contributed by atoms with Gasteiger partial charge in [0.2, 0.25) is 0 Å². The van der Waals surface area contributed by atoms with Crippen LogP contribution in [0.15, 0.2) is 22.7 Å². The summed E-state index contributed by atoms with van der Waals surface area (Å²) >= 11 is 3.13. The average molecular weight is 339 g/mol. The molecule has 0 saturated carbocycles. The van der Waals surface area contributed by atoms with Crippen LogP contribution < -0.4 is 5.32 Å². The van der Waals surface area contributed by atoms with Crippen molar-refractivity contribution in [1.82, 2.24) is 10.2 Å². The van der Waals surface area contributed by atoms with Gasteiger partial charge in [-0.3, -0.25) is 4.90 Å². The van der Waals surface area contributed by atoms with Crippen LogP contribution in [0.25, 0.3) is 0 Å². The van der Waals surface area contributed by atoms with Gasteiger partial charge in [0.25, 0.3) is 0 Å². The van der Waals surface area contributed by atoms with E-state index >= 15 is 0 Å². The summed E-state index contributed by atoms with van der Waals surface area (Å²) in [6.07, 6.45) is -4.41. The SMILES string of the molecule is Oc1cc(Br)ccc1[C@@H](N1CCNCC1)C(F)(F)F. The zero-order valence-electron chi connectivity index (χ0n) is 10.0. The summed E-state index contributed by atoms with van der Waals surface area (Å²) in [5, 5.41) is 12.8. The topological polar surface area (TPSA) is 35.5 Å². The van der Waals surface area contributed by atoms with Crippen LogP contribution >= 0.6 is 15.9 Å². The molecule has 19 heavy (non-hydrogen) atoms. The Labute approximate surface area is 117 Å². The molecule has 0 bridgehead atoms. The highest BCUT2D eigenvalue weighted by Crippen LogP contribution is 2.41. The van der Waals surface area contributed by atoms with Gasteiger partial charge in [0.05, 0.1) is 0 Å². The van der Waals surface area contributed by atoms with Gasteiger partial charge >= 0.3 is 6.18 Å². The quantitative estimate of drug-likeness (QED) is 0.870. The van der Waals surface area contributed by atoms with E-state index in [-0.39, 0.29) is 11.3 Å². The molecule has 1 heterocycles. The van der Waals surface area contributed by atoms with Crippen LogP contribution in [-0.4, -0.2) is 42.4 Å². The standard InChI is InChI=1S/C12H14BrF3N2O/c13-8-1-2-9(10(19)7-8)11(12(14,15)16)18-5-3-17-4-6-18/h1-2,7,11,17,19H,3-6H2/t11-/m1/s1. The van der Waals surface area contributed by atoms with Crippen LogP contribution in [0.4, 0.5) is 13.2 Å². The number of nitrogens with zero attached hydrogens (tertiary/aromatic N) is 1. The lowest BCUT2D eigenvalue weighted by Gasteiger charge is -2.36. The Kier molecular flexibility index (Phi) is 4.37. The fourth-order valence-electron chi connectivity index (χ4n) is 2.27. The van der Waals surface area contributed by atoms with Crippen molar-refractivity contribution in [3.05, 3.63) is 28.2 Å². The lowest BCUT2D eigenvalue weighted by molar-refractivity contribution is -0.188. The first-order valence-electron chi connectivity index (χ1n) is 5.89. The van der Waals surface area contributed by atoms with Gasteiger partial charge in [-0.1, -0.05) is 22.0 Å². The Morgan fingerprint density at radius 3 is 2.42 bits per heavy atom. The van der Waals surface area contributed by atoms with E-state index in [1.165, 1.54) is 23.1 Å². The summed E-state index contributed by atoms with van der Waals surface area (Å²) in [6.45, 7) is 1.65. The van der Waals surface area contributed by atoms with E-state index < -0.39 is 12.2 Å². The first kappa shape index (κ1) is 14.6. The lowest BCUT2D eigenvalue weighted by atomic mass is 10.0. The molecular weight excluding hydrogens is 325 g/mol. The minimum absolute atomic E-state index is 0.0994. The van der Waals surface area contributed by atoms with E-state index in [1.807, 2.05) is 0 Å². The van der Waals surface area contributed by atoms with E-state index in [4.69, 9.17) is 0 Å². The molecule has 3 nitrogen and oxygen atoms in total. The molecule has 1 atom stereocenters. The van der Waals surface area contributed by atoms with Crippen molar-refractivity contribution in [2.75, 3.05) is 26.2 Å². The third-order valence-electron chi connectivity index (χ3n) is 3.11. The number of rotatable bonds is 2. The maximum absolute atomic E-state index is 13.3. The molecule has 0 amide bonds. The Hall–Kier alpha value is -0.790. The number of phenols is 1. The Bertz CT molecular complexity index is 447. The fourth-order valence-corrected chi connectivity index (χ4v) is 2.62. The van der Waals surface area contributed by atoms with E-state index in [1.54, 1.807) is 0 Å². The number of phenolic OH excluding ortho intramolecular Hbond substituents is 1. The van der Waals surface area contributed by atoms with Crippen molar-refractivity contribution in [2.45, 2.75) is 12.2 Å². The van der Waals surface area contributed by atoms with E-state index in [2.05, 4.69) is 21.2 Å². The molecule has 2 N–H and O–H groups in total. The van der Waals surface area contributed by atoms with E-state index in [9.17, 15) is 18.3 Å². The number of halogens is 4. The predicted molar refractivity (Wildman–Crippen MR) is 69.0 cm³/mol. The molecule has 1 aliphatic rings. The van der Waals surface area contributed by atoms with Crippen molar-refractivity contribution in [3.8, 4) is 5.75 Å². The van der Waals surface area contributed by atoms with Crippen molar-refractivity contribution in [1.29, 1.82) is 0 Å². The molecule has 0 aliphatic carbocycles. The number of nitrogens with one attached hydrogen (secondary N) is 1. The first-order chi connectivity index (χ1) is 8.89. The molecule has 1 aromatic rings. The van der Waals surface area contributed by atoms with Crippen molar-refractivity contribution < 1.29 is 18.3 Å². The number of hydrogen-bond donors (Lipinski definition) is 2. The van der Waals surface area contributed by atoms with Gasteiger partial charge < -0.3 is 10.4 Å². The highest BCUT2D eigenvalue weighted by Gasteiger charge is 2.46. The molecular formula is C12H14BrF3N2O. The number of benzene rings is 1. The average Bonchev–Trinajstić information content (AvgIpc) is 2.32. The Morgan fingerprint density at radius 2 is 1.89 bits per heavy atom. The van der Waals surface area contributed by atoms with Gasteiger partial charge in [0.15, 0.2) is 0 Å². The molecule has 0 radical (unpaired) electrons. The molecule has 0 unspecified atom stereocenters. The number of aromatic hydroxyl groups is 1. The van der Waals surface area contributed by atoms with Gasteiger partial charge in [0, 0.05) is 36.2 Å². The monoisotopic (exact) mass is 338 g/mol. The summed E-state index contributed by atoms with van der Waals surface area (Å²) in [6, 6.07) is 2.36. The van der Waals surface area contributed by atoms with Crippen LogP contribution in [0, 0.1) is 0 Å². The maximum Gasteiger partial charge on any atom is 0.408 e. The predicted octanol–water partition coefficient (Wildman–Crippen LogP) is 2.66. The van der Waals surface area contributed by atoms with Gasteiger partial charge in [-0.2, -0.15) is 13.2 Å². The summed E-state index contributed by atoms with van der Waals surface area (Å²) in [5.74, 6) is -0.338. The molecule has 7 heteroatoms. The number of piperazine rings is 1. The zero-order chi connectivity index (χ0) is 14.0. The van der Waals surface area contributed by atoms with Crippen LogP contribution in [0.2, 0.25) is 0 Å². The van der Waals surface area contributed by atoms with Crippen molar-refractivity contribution in [3.63, 3.8) is 0 Å². The van der Waals surface area contributed by atoms with E-state index in [0.717, 1.165) is 0 Å². The first-order valence-corrected chi connectivity index (χ1v) is 6.69. The largest absolute Gasteiger partial charge is 0.508 e. The minimum atomic E-state index is -4.41. The van der Waals surface area contributed by atoms with Crippen molar-refractivity contribution >= 4 is 15.9 Å². The maximum atomic E-state index is 13.3. The molecule has 1 fully saturated rings. The third kappa shape index (κ3) is 3.40. The molecule has 1 aliphatic heterocycles. The summed E-state index contributed by atoms with van der Waals surface area (Å²) < 4.78 is 40.4. The number of alkyl halides is 3. The van der Waals surface area contributed by atoms with Crippen LogP contribution in [0.5, 0.6) is 5.75 Å². The van der Waals surface area contributed by atoms with Gasteiger partial charge in [0.1, 0.15) is 11.8 Å². The third-order valence-corrected chi connectivity index (χ3v) is 3.61. The summed E-state index contributed by atoms with van der Waals surface area (Å²) in [5.41, 5.74) is -0.0994. The van der Waals surface area contributed by atoms with Gasteiger partial charge in [-0.05, 0) is 12.1 Å². The smallest absolute Gasteiger partial charge is 0.408 e. The highest BCUT2D eigenvalue weighted by atomic mass is 79.9. The van der Waals surface area contributed by atoms with Crippen LogP contribution in [0.3, 0.4) is 0 Å². The Morgan fingerprint density at radius 1 is 1.26 bits per heavy atom. The minimum Gasteiger partial charge on any atom is -0.508 e. The molecule has 0 aromatic heterocycles. The molecule has 2 rings (SSSR count). The van der Waals surface area contributed by atoms with E-state index in [0.29, 0.717) is 30.7 Å². The lowest BCUT2D eigenvalue weighted by Crippen LogP contribution is -2.49. The number of hydrogen-bond acceptors (Lipinski definition) is 3. The second-order valence-corrected chi connectivity index (χ2v) is 5.35. The zero-order valence-corrected chi connectivity index (χ0v) is 11.6. The molecule has 1 aromatic carbocycles. The normalized spacial score (nSPS) is 19.4. The van der Waals surface area contributed by atoms with Crippen LogP contribution in [0.1, 0.15) is 11.6 Å². The highest BCUT2D eigenvalue weighted by molar-refractivity contribution is 9.10. The summed E-state index contributed by atoms with van der Waals surface area (Å²) in [4.78, 5) is 1.35. The van der Waals surface area contributed by atoms with Gasteiger partial charge in [-0.25, -0.2) is 0 Å². The fraction of sp³-hybridized carbons (Fsp3) is 0.500. The van der Waals surface area contributed by atoms with Crippen molar-refractivity contribution in [2.24, 2.45) is 0 Å². The molecule has 0 spiro atoms. The summed E-state index contributed by atoms with van der Waals surface area (Å²) in [7, 11) is 0.